The molecule has 1 aromatic heterocycles. The first kappa shape index (κ1) is 22.1. The smallest absolute Gasteiger partial charge is 0.264 e. The molecule has 3 aromatic rings. The zero-order valence-electron chi connectivity index (χ0n) is 17.8. The van der Waals surface area contributed by atoms with Crippen LogP contribution in [0.3, 0.4) is 0 Å². The monoisotopic (exact) mass is 483 g/mol. The minimum atomic E-state index is -4.41. The lowest BCUT2D eigenvalue weighted by Gasteiger charge is -2.37. The molecule has 1 saturated carbocycles. The Hall–Kier alpha value is -3.66. The average Bonchev–Trinajstić information content (AvgIpc) is 3.06. The Morgan fingerprint density at radius 1 is 1.09 bits per heavy atom. The van der Waals surface area contributed by atoms with E-state index < -0.39 is 37.9 Å². The molecule has 0 radical (unpaired) electrons. The standard InChI is InChI=1S/C24H19F2N3O4S/c25-15-4-5-21(19(26)9-15)34(32,33)29-16-10-18-17(12-22(30)24(18)6-2-7-24)20(11-16)28-23(31)14-3-1-8-27-13-14/h1,3-5,8-11,13,29H,2,6-7,12H2,(H,28,31). The molecule has 1 fully saturated rings. The summed E-state index contributed by atoms with van der Waals surface area (Å²) in [4.78, 5) is 28.9. The molecular weight excluding hydrogens is 464 g/mol. The zero-order chi connectivity index (χ0) is 24.1. The Morgan fingerprint density at radius 2 is 1.88 bits per heavy atom. The van der Waals surface area contributed by atoms with Gasteiger partial charge in [-0.05, 0) is 60.4 Å². The number of sulfonamides is 1. The maximum absolute atomic E-state index is 14.2. The number of amides is 1. The number of hydrogen-bond acceptors (Lipinski definition) is 5. The van der Waals surface area contributed by atoms with Gasteiger partial charge in [-0.25, -0.2) is 17.2 Å². The number of nitrogens with zero attached hydrogens (tertiary/aromatic N) is 1. The number of nitrogens with one attached hydrogen (secondary N) is 2. The van der Waals surface area contributed by atoms with Crippen molar-refractivity contribution >= 4 is 33.1 Å². The lowest BCUT2D eigenvalue weighted by molar-refractivity contribution is -0.125. The van der Waals surface area contributed by atoms with Crippen molar-refractivity contribution in [2.75, 3.05) is 10.0 Å². The molecule has 2 N–H and O–H groups in total. The summed E-state index contributed by atoms with van der Waals surface area (Å²) in [5.41, 5.74) is 1.23. The van der Waals surface area contributed by atoms with Gasteiger partial charge in [0.1, 0.15) is 22.3 Å². The van der Waals surface area contributed by atoms with Crippen LogP contribution in [-0.2, 0) is 26.7 Å². The Bertz CT molecular complexity index is 1440. The maximum atomic E-state index is 14.2. The van der Waals surface area contributed by atoms with Crippen LogP contribution in [0.15, 0.2) is 59.8 Å². The lowest BCUT2D eigenvalue weighted by atomic mass is 9.64. The van der Waals surface area contributed by atoms with Gasteiger partial charge < -0.3 is 5.32 Å². The van der Waals surface area contributed by atoms with Crippen LogP contribution in [0, 0.1) is 11.6 Å². The largest absolute Gasteiger partial charge is 0.322 e. The number of hydrogen-bond donors (Lipinski definition) is 2. The van der Waals surface area contributed by atoms with E-state index in [9.17, 15) is 26.8 Å². The van der Waals surface area contributed by atoms with Crippen LogP contribution in [-0.4, -0.2) is 25.1 Å². The predicted octanol–water partition coefficient (Wildman–Crippen LogP) is 3.96. The second-order valence-electron chi connectivity index (χ2n) is 8.46. The Labute approximate surface area is 194 Å². The van der Waals surface area contributed by atoms with Gasteiger partial charge >= 0.3 is 0 Å². The lowest BCUT2D eigenvalue weighted by Crippen LogP contribution is -2.39. The molecule has 2 aromatic carbocycles. The first-order valence-electron chi connectivity index (χ1n) is 10.6. The molecule has 5 rings (SSSR count). The summed E-state index contributed by atoms with van der Waals surface area (Å²) < 4.78 is 55.5. The second kappa shape index (κ2) is 7.98. The third kappa shape index (κ3) is 3.63. The van der Waals surface area contributed by atoms with Crippen molar-refractivity contribution in [3.8, 4) is 0 Å². The maximum Gasteiger partial charge on any atom is 0.264 e. The molecule has 0 atom stereocenters. The molecule has 2 aliphatic rings. The van der Waals surface area contributed by atoms with Crippen LogP contribution >= 0.6 is 0 Å². The molecular formula is C24H19F2N3O4S. The van der Waals surface area contributed by atoms with Gasteiger partial charge in [-0.2, -0.15) is 0 Å². The van der Waals surface area contributed by atoms with Crippen molar-refractivity contribution in [3.63, 3.8) is 0 Å². The molecule has 34 heavy (non-hydrogen) atoms. The van der Waals surface area contributed by atoms with E-state index in [1.165, 1.54) is 18.5 Å². The third-order valence-corrected chi connectivity index (χ3v) is 7.87. The number of carbonyl (C=O) groups is 2. The first-order valence-corrected chi connectivity index (χ1v) is 12.1. The predicted molar refractivity (Wildman–Crippen MR) is 120 cm³/mol. The number of aromatic nitrogens is 1. The highest BCUT2D eigenvalue weighted by molar-refractivity contribution is 7.92. The molecule has 2 aliphatic carbocycles. The highest BCUT2D eigenvalue weighted by Crippen LogP contribution is 2.52. The van der Waals surface area contributed by atoms with Gasteiger partial charge in [0.15, 0.2) is 0 Å². The van der Waals surface area contributed by atoms with Gasteiger partial charge in [0, 0.05) is 30.6 Å². The number of Topliss-reactive ketones (excluding diaryl/α,β-unsaturated/α-hetero) is 1. The molecule has 0 aliphatic heterocycles. The summed E-state index contributed by atoms with van der Waals surface area (Å²) in [6.45, 7) is 0. The van der Waals surface area contributed by atoms with E-state index in [0.29, 0.717) is 41.3 Å². The normalized spacial score (nSPS) is 16.1. The summed E-state index contributed by atoms with van der Waals surface area (Å²) in [6.07, 6.45) is 5.17. The van der Waals surface area contributed by atoms with Gasteiger partial charge in [-0.15, -0.1) is 0 Å². The number of halogens is 2. The van der Waals surface area contributed by atoms with Crippen molar-refractivity contribution in [2.24, 2.45) is 0 Å². The van der Waals surface area contributed by atoms with E-state index in [1.54, 1.807) is 18.2 Å². The van der Waals surface area contributed by atoms with E-state index >= 15 is 0 Å². The number of anilines is 2. The van der Waals surface area contributed by atoms with Gasteiger partial charge in [0.2, 0.25) is 0 Å². The van der Waals surface area contributed by atoms with Gasteiger partial charge in [0.25, 0.3) is 15.9 Å². The minimum absolute atomic E-state index is 0.0233. The molecule has 1 spiro atoms. The van der Waals surface area contributed by atoms with E-state index in [1.807, 2.05) is 0 Å². The number of ketones is 1. The van der Waals surface area contributed by atoms with E-state index in [2.05, 4.69) is 15.0 Å². The molecule has 0 bridgehead atoms. The number of rotatable bonds is 5. The fourth-order valence-electron chi connectivity index (χ4n) is 4.61. The molecule has 174 valence electrons. The first-order chi connectivity index (χ1) is 16.2. The van der Waals surface area contributed by atoms with Crippen molar-refractivity contribution in [1.29, 1.82) is 0 Å². The molecule has 1 heterocycles. The average molecular weight is 483 g/mol. The van der Waals surface area contributed by atoms with Crippen LogP contribution in [0.25, 0.3) is 0 Å². The Morgan fingerprint density at radius 3 is 2.53 bits per heavy atom. The number of benzene rings is 2. The summed E-state index contributed by atoms with van der Waals surface area (Å²) in [5.74, 6) is -2.58. The fourth-order valence-corrected chi connectivity index (χ4v) is 5.71. The molecule has 7 nitrogen and oxygen atoms in total. The Balaban J connectivity index is 1.56. The van der Waals surface area contributed by atoms with Crippen LogP contribution in [0.5, 0.6) is 0 Å². The van der Waals surface area contributed by atoms with Gasteiger partial charge in [-0.3, -0.25) is 19.3 Å². The van der Waals surface area contributed by atoms with Crippen LogP contribution in [0.4, 0.5) is 20.2 Å². The highest BCUT2D eigenvalue weighted by atomic mass is 32.2. The molecule has 10 heteroatoms. The SMILES string of the molecule is O=C(Nc1cc(NS(=O)(=O)c2ccc(F)cc2F)cc2c1CC(=O)C21CCC1)c1cccnc1. The van der Waals surface area contributed by atoms with Gasteiger partial charge in [0.05, 0.1) is 16.7 Å². The van der Waals surface area contributed by atoms with Crippen molar-refractivity contribution < 1.29 is 26.8 Å². The number of carbonyl (C=O) groups excluding carboxylic acids is 2. The van der Waals surface area contributed by atoms with E-state index in [0.717, 1.165) is 18.6 Å². The van der Waals surface area contributed by atoms with Crippen LogP contribution < -0.4 is 10.0 Å². The number of fused-ring (bicyclic) bond motifs is 2. The summed E-state index contributed by atoms with van der Waals surface area (Å²) in [5, 5.41) is 2.76. The highest BCUT2D eigenvalue weighted by Gasteiger charge is 2.51. The minimum Gasteiger partial charge on any atom is -0.322 e. The van der Waals surface area contributed by atoms with Gasteiger partial charge in [-0.1, -0.05) is 6.42 Å². The van der Waals surface area contributed by atoms with Crippen molar-refractivity contribution in [3.05, 3.63) is 83.2 Å². The fraction of sp³-hybridized carbons (Fsp3) is 0.208. The topological polar surface area (TPSA) is 105 Å². The third-order valence-electron chi connectivity index (χ3n) is 6.45. The summed E-state index contributed by atoms with van der Waals surface area (Å²) >= 11 is 0. The molecule has 1 amide bonds. The van der Waals surface area contributed by atoms with E-state index in [-0.39, 0.29) is 17.9 Å². The molecule has 0 saturated heterocycles. The number of pyridine rings is 1. The van der Waals surface area contributed by atoms with Crippen molar-refractivity contribution in [1.82, 2.24) is 4.98 Å². The molecule has 0 unspecified atom stereocenters. The zero-order valence-corrected chi connectivity index (χ0v) is 18.6. The van der Waals surface area contributed by atoms with Crippen LogP contribution in [0.1, 0.15) is 40.7 Å². The summed E-state index contributed by atoms with van der Waals surface area (Å²) in [7, 11) is -4.41. The van der Waals surface area contributed by atoms with E-state index in [4.69, 9.17) is 0 Å². The van der Waals surface area contributed by atoms with Crippen LogP contribution in [0.2, 0.25) is 0 Å². The quantitative estimate of drug-likeness (QED) is 0.572. The Kier molecular flexibility index (Phi) is 5.20. The second-order valence-corrected chi connectivity index (χ2v) is 10.1. The summed E-state index contributed by atoms with van der Waals surface area (Å²) in [6, 6.07) is 8.32. The van der Waals surface area contributed by atoms with Crippen molar-refractivity contribution in [2.45, 2.75) is 36.0 Å².